The lowest BCUT2D eigenvalue weighted by Crippen LogP contribution is -2.25. The molecule has 27 heavy (non-hydrogen) atoms. The Balaban J connectivity index is 1.51. The summed E-state index contributed by atoms with van der Waals surface area (Å²) in [4.78, 5) is 12.5. The Morgan fingerprint density at radius 3 is 2.70 bits per heavy atom. The molecule has 0 fully saturated rings. The van der Waals surface area contributed by atoms with Crippen LogP contribution in [0.2, 0.25) is 0 Å². The molecule has 0 aliphatic carbocycles. The molecule has 0 aliphatic heterocycles. The maximum Gasteiger partial charge on any atom is 0.251 e. The number of carbonyl (C=O) groups excluding carboxylic acids is 1. The zero-order valence-electron chi connectivity index (χ0n) is 14.7. The van der Waals surface area contributed by atoms with Crippen molar-refractivity contribution >= 4 is 5.91 Å². The summed E-state index contributed by atoms with van der Waals surface area (Å²) in [6.45, 7) is 0.521. The highest BCUT2D eigenvalue weighted by atomic mass is 16.3. The minimum Gasteiger partial charge on any atom is -0.469 e. The standard InChI is InChI=1S/C22H19N3O2/c26-22(23-13-11-20-10-5-15-27-20)18-8-4-9-19(16-18)25-21(12-14-24-25)17-6-2-1-3-7-17/h1-10,12,14-16H,11,13H2,(H,23,26). The maximum absolute atomic E-state index is 12.5. The van der Waals surface area contributed by atoms with Crippen molar-refractivity contribution in [2.45, 2.75) is 6.42 Å². The Kier molecular flexibility index (Phi) is 4.83. The number of rotatable bonds is 6. The van der Waals surface area contributed by atoms with Gasteiger partial charge in [0.05, 0.1) is 23.8 Å². The van der Waals surface area contributed by atoms with Crippen molar-refractivity contribution in [2.24, 2.45) is 0 Å². The Hall–Kier alpha value is -3.60. The number of hydrogen-bond acceptors (Lipinski definition) is 3. The van der Waals surface area contributed by atoms with Crippen molar-refractivity contribution in [3.05, 3.63) is 96.6 Å². The number of nitrogens with zero attached hydrogens (tertiary/aromatic N) is 2. The lowest BCUT2D eigenvalue weighted by Gasteiger charge is -2.10. The monoisotopic (exact) mass is 357 g/mol. The highest BCUT2D eigenvalue weighted by Crippen LogP contribution is 2.22. The van der Waals surface area contributed by atoms with Crippen molar-refractivity contribution < 1.29 is 9.21 Å². The van der Waals surface area contributed by atoms with Crippen molar-refractivity contribution in [1.82, 2.24) is 15.1 Å². The summed E-state index contributed by atoms with van der Waals surface area (Å²) in [5.41, 5.74) is 3.49. The predicted octanol–water partition coefficient (Wildman–Crippen LogP) is 4.10. The summed E-state index contributed by atoms with van der Waals surface area (Å²) in [7, 11) is 0. The second-order valence-electron chi connectivity index (χ2n) is 6.13. The normalized spacial score (nSPS) is 10.7. The lowest BCUT2D eigenvalue weighted by molar-refractivity contribution is 0.0953. The van der Waals surface area contributed by atoms with Gasteiger partial charge < -0.3 is 9.73 Å². The largest absolute Gasteiger partial charge is 0.469 e. The number of furan rings is 1. The Labute approximate surface area is 157 Å². The van der Waals surface area contributed by atoms with Crippen molar-refractivity contribution in [3.8, 4) is 16.9 Å². The molecule has 0 bridgehead atoms. The third-order valence-electron chi connectivity index (χ3n) is 4.30. The number of benzene rings is 2. The molecule has 1 amide bonds. The summed E-state index contributed by atoms with van der Waals surface area (Å²) in [6.07, 6.45) is 4.06. The smallest absolute Gasteiger partial charge is 0.251 e. The highest BCUT2D eigenvalue weighted by Gasteiger charge is 2.10. The summed E-state index contributed by atoms with van der Waals surface area (Å²) in [6, 6.07) is 23.2. The average Bonchev–Trinajstić information content (AvgIpc) is 3.41. The van der Waals surface area contributed by atoms with Crippen LogP contribution in [0.4, 0.5) is 0 Å². The van der Waals surface area contributed by atoms with Gasteiger partial charge in [0, 0.05) is 24.1 Å². The van der Waals surface area contributed by atoms with Gasteiger partial charge in [0.1, 0.15) is 5.76 Å². The van der Waals surface area contributed by atoms with Gasteiger partial charge in [-0.1, -0.05) is 36.4 Å². The molecule has 2 aromatic heterocycles. The minimum atomic E-state index is -0.114. The molecule has 0 radical (unpaired) electrons. The van der Waals surface area contributed by atoms with Gasteiger partial charge in [-0.25, -0.2) is 4.68 Å². The summed E-state index contributed by atoms with van der Waals surface area (Å²) in [5.74, 6) is 0.741. The van der Waals surface area contributed by atoms with Crippen LogP contribution in [0.25, 0.3) is 16.9 Å². The fraction of sp³-hybridized carbons (Fsp3) is 0.0909. The van der Waals surface area contributed by atoms with Gasteiger partial charge in [0.15, 0.2) is 0 Å². The number of nitrogens with one attached hydrogen (secondary N) is 1. The van der Waals surface area contributed by atoms with Crippen LogP contribution in [-0.4, -0.2) is 22.2 Å². The highest BCUT2D eigenvalue weighted by molar-refractivity contribution is 5.94. The van der Waals surface area contributed by atoms with E-state index in [1.807, 2.05) is 71.4 Å². The van der Waals surface area contributed by atoms with Crippen LogP contribution >= 0.6 is 0 Å². The first-order valence-electron chi connectivity index (χ1n) is 8.82. The SMILES string of the molecule is O=C(NCCc1ccco1)c1cccc(-n2nccc2-c2ccccc2)c1. The van der Waals surface area contributed by atoms with Crippen molar-refractivity contribution in [2.75, 3.05) is 6.54 Å². The van der Waals surface area contributed by atoms with Crippen LogP contribution in [0.15, 0.2) is 89.7 Å². The van der Waals surface area contributed by atoms with E-state index in [1.54, 1.807) is 18.5 Å². The molecule has 134 valence electrons. The number of hydrogen-bond donors (Lipinski definition) is 1. The lowest BCUT2D eigenvalue weighted by atomic mass is 10.1. The van der Waals surface area contributed by atoms with Crippen LogP contribution in [0.1, 0.15) is 16.1 Å². The molecule has 0 aliphatic rings. The minimum absolute atomic E-state index is 0.114. The van der Waals surface area contributed by atoms with Crippen molar-refractivity contribution in [1.29, 1.82) is 0 Å². The van der Waals surface area contributed by atoms with Crippen LogP contribution in [0.3, 0.4) is 0 Å². The molecule has 0 unspecified atom stereocenters. The first-order chi connectivity index (χ1) is 13.3. The summed E-state index contributed by atoms with van der Waals surface area (Å²) >= 11 is 0. The average molecular weight is 357 g/mol. The number of carbonyl (C=O) groups is 1. The van der Waals surface area contributed by atoms with Gasteiger partial charge in [-0.15, -0.1) is 0 Å². The number of amides is 1. The molecule has 0 saturated carbocycles. The van der Waals surface area contributed by atoms with Crippen LogP contribution in [-0.2, 0) is 6.42 Å². The molecule has 0 spiro atoms. The van der Waals surface area contributed by atoms with Gasteiger partial charge in [-0.3, -0.25) is 4.79 Å². The van der Waals surface area contributed by atoms with Crippen LogP contribution in [0, 0.1) is 0 Å². The molecule has 0 saturated heterocycles. The third-order valence-corrected chi connectivity index (χ3v) is 4.30. The maximum atomic E-state index is 12.5. The second-order valence-corrected chi connectivity index (χ2v) is 6.13. The van der Waals surface area contributed by atoms with Gasteiger partial charge in [0.25, 0.3) is 5.91 Å². The fourth-order valence-corrected chi connectivity index (χ4v) is 2.97. The van der Waals surface area contributed by atoms with E-state index in [1.165, 1.54) is 0 Å². The summed E-state index contributed by atoms with van der Waals surface area (Å²) in [5, 5.41) is 7.36. The zero-order valence-corrected chi connectivity index (χ0v) is 14.7. The van der Waals surface area contributed by atoms with E-state index >= 15 is 0 Å². The van der Waals surface area contributed by atoms with Crippen molar-refractivity contribution in [3.63, 3.8) is 0 Å². The molecule has 4 aromatic rings. The zero-order chi connectivity index (χ0) is 18.5. The predicted molar refractivity (Wildman–Crippen MR) is 104 cm³/mol. The van der Waals surface area contributed by atoms with Crippen LogP contribution < -0.4 is 5.32 Å². The van der Waals surface area contributed by atoms with E-state index in [2.05, 4.69) is 10.4 Å². The first kappa shape index (κ1) is 16.8. The Morgan fingerprint density at radius 1 is 1.00 bits per heavy atom. The molecule has 2 aromatic carbocycles. The molecule has 2 heterocycles. The quantitative estimate of drug-likeness (QED) is 0.565. The summed E-state index contributed by atoms with van der Waals surface area (Å²) < 4.78 is 7.12. The molecular weight excluding hydrogens is 338 g/mol. The molecule has 1 N–H and O–H groups in total. The van der Waals surface area contributed by atoms with Gasteiger partial charge in [0.2, 0.25) is 0 Å². The van der Waals surface area contributed by atoms with Crippen LogP contribution in [0.5, 0.6) is 0 Å². The first-order valence-corrected chi connectivity index (χ1v) is 8.82. The van der Waals surface area contributed by atoms with E-state index in [9.17, 15) is 4.79 Å². The van der Waals surface area contributed by atoms with E-state index in [-0.39, 0.29) is 5.91 Å². The topological polar surface area (TPSA) is 60.1 Å². The van der Waals surface area contributed by atoms with E-state index in [0.29, 0.717) is 18.5 Å². The third kappa shape index (κ3) is 3.82. The molecule has 0 atom stereocenters. The molecule has 5 heteroatoms. The second kappa shape index (κ2) is 7.74. The molecule has 4 rings (SSSR count). The molecular formula is C22H19N3O2. The number of aromatic nitrogens is 2. The van der Waals surface area contributed by atoms with Gasteiger partial charge in [-0.2, -0.15) is 5.10 Å². The van der Waals surface area contributed by atoms with Gasteiger partial charge in [-0.05, 0) is 36.4 Å². The van der Waals surface area contributed by atoms with E-state index in [0.717, 1.165) is 22.7 Å². The van der Waals surface area contributed by atoms with Gasteiger partial charge >= 0.3 is 0 Å². The molecule has 5 nitrogen and oxygen atoms in total. The Bertz CT molecular complexity index is 1020. The van der Waals surface area contributed by atoms with E-state index in [4.69, 9.17) is 4.42 Å². The van der Waals surface area contributed by atoms with E-state index < -0.39 is 0 Å². The Morgan fingerprint density at radius 2 is 1.89 bits per heavy atom. The fourth-order valence-electron chi connectivity index (χ4n) is 2.97.